The predicted octanol–water partition coefficient (Wildman–Crippen LogP) is 2.71. The Morgan fingerprint density at radius 3 is 2.33 bits per heavy atom. The molecule has 0 spiro atoms. The zero-order valence-electron chi connectivity index (χ0n) is 4.57. The van der Waals surface area contributed by atoms with Gasteiger partial charge in [-0.2, -0.15) is 0 Å². The van der Waals surface area contributed by atoms with Crippen LogP contribution in [0.1, 0.15) is 0 Å². The maximum absolute atomic E-state index is 3.40. The topological polar surface area (TPSA) is 0 Å². The average molecular weight is 268 g/mol. The molecule has 0 saturated carbocycles. The van der Waals surface area contributed by atoms with Crippen molar-refractivity contribution in [3.05, 3.63) is 27.1 Å². The summed E-state index contributed by atoms with van der Waals surface area (Å²) >= 11 is 6.75. The predicted molar refractivity (Wildman–Crippen MR) is 51.2 cm³/mol. The zero-order chi connectivity index (χ0) is 6.85. The molecule has 0 nitrogen and oxygen atoms in total. The van der Waals surface area contributed by atoms with E-state index in [-0.39, 0.29) is 0 Å². The van der Waals surface area contributed by atoms with Crippen LogP contribution in [0.3, 0.4) is 0 Å². The van der Waals surface area contributed by atoms with E-state index < -0.39 is 0 Å². The molecule has 0 aliphatic rings. The van der Waals surface area contributed by atoms with Gasteiger partial charge in [-0.1, -0.05) is 37.9 Å². The number of rotatable bonds is 0. The van der Waals surface area contributed by atoms with Gasteiger partial charge in [0.2, 0.25) is 0 Å². The van der Waals surface area contributed by atoms with E-state index in [0.717, 1.165) is 8.95 Å². The molecule has 0 N–H and O–H groups in total. The molecule has 0 aliphatic carbocycles. The van der Waals surface area contributed by atoms with Crippen LogP contribution in [0.5, 0.6) is 0 Å². The van der Waals surface area contributed by atoms with Gasteiger partial charge in [-0.3, -0.25) is 0 Å². The van der Waals surface area contributed by atoms with Crippen LogP contribution in [-0.2, 0) is 0 Å². The summed E-state index contributed by atoms with van der Waals surface area (Å²) in [6.45, 7) is 0. The molecule has 1 atom stereocenters. The zero-order valence-corrected chi connectivity index (χ0v) is 8.89. The van der Waals surface area contributed by atoms with Gasteiger partial charge >= 0.3 is 0 Å². The fraction of sp³-hybridized carbons (Fsp3) is 0. The molecular formula is C6H5Br2P. The second kappa shape index (κ2) is 3.14. The molecule has 1 rings (SSSR count). The molecule has 0 bridgehead atoms. The second-order valence-corrected chi connectivity index (χ2v) is 4.06. The Kier molecular flexibility index (Phi) is 2.69. The molecule has 9 heavy (non-hydrogen) atoms. The fourth-order valence-corrected chi connectivity index (χ4v) is 1.73. The van der Waals surface area contributed by atoms with Crippen LogP contribution in [0.4, 0.5) is 0 Å². The second-order valence-electron chi connectivity index (χ2n) is 1.67. The summed E-state index contributed by atoms with van der Waals surface area (Å²) in [5.74, 6) is 0. The lowest BCUT2D eigenvalue weighted by Crippen LogP contribution is -1.89. The van der Waals surface area contributed by atoms with Crippen LogP contribution >= 0.6 is 41.1 Å². The normalized spacial score (nSPS) is 9.67. The molecule has 1 aromatic rings. The molecule has 0 heterocycles. The van der Waals surface area contributed by atoms with E-state index in [1.807, 2.05) is 18.2 Å². The lowest BCUT2D eigenvalue weighted by Gasteiger charge is -1.95. The lowest BCUT2D eigenvalue weighted by atomic mass is 10.4. The molecule has 48 valence electrons. The Labute approximate surface area is 73.5 Å². The first-order valence-electron chi connectivity index (χ1n) is 2.40. The molecule has 1 aromatic carbocycles. The van der Waals surface area contributed by atoms with Crippen molar-refractivity contribution in [3.8, 4) is 0 Å². The molecule has 1 unspecified atom stereocenters. The van der Waals surface area contributed by atoms with Gasteiger partial charge in [0.25, 0.3) is 0 Å². The Hall–Kier alpha value is 0.610. The standard InChI is InChI=1S/C6H5Br2P/c7-4-1-2-6(9)5(8)3-4/h1-3H,9H2. The van der Waals surface area contributed by atoms with E-state index >= 15 is 0 Å². The van der Waals surface area contributed by atoms with Crippen molar-refractivity contribution in [2.75, 3.05) is 0 Å². The summed E-state index contributed by atoms with van der Waals surface area (Å²) in [7, 11) is 2.64. The fourth-order valence-electron chi connectivity index (χ4n) is 0.502. The van der Waals surface area contributed by atoms with Crippen LogP contribution in [-0.4, -0.2) is 0 Å². The minimum Gasteiger partial charge on any atom is -0.104 e. The van der Waals surface area contributed by atoms with Crippen molar-refractivity contribution in [2.24, 2.45) is 0 Å². The van der Waals surface area contributed by atoms with Crippen LogP contribution < -0.4 is 5.30 Å². The van der Waals surface area contributed by atoms with Gasteiger partial charge in [0.15, 0.2) is 0 Å². The van der Waals surface area contributed by atoms with E-state index in [0.29, 0.717) is 0 Å². The monoisotopic (exact) mass is 266 g/mol. The Morgan fingerprint density at radius 2 is 1.89 bits per heavy atom. The quantitative estimate of drug-likeness (QED) is 0.634. The van der Waals surface area contributed by atoms with Gasteiger partial charge in [0.1, 0.15) is 0 Å². The van der Waals surface area contributed by atoms with Gasteiger partial charge in [-0.25, -0.2) is 0 Å². The van der Waals surface area contributed by atoms with E-state index in [1.165, 1.54) is 5.30 Å². The van der Waals surface area contributed by atoms with E-state index in [9.17, 15) is 0 Å². The highest BCUT2D eigenvalue weighted by Gasteiger charge is 1.92. The van der Waals surface area contributed by atoms with Gasteiger partial charge in [-0.05, 0) is 17.4 Å². The summed E-state index contributed by atoms with van der Waals surface area (Å²) in [4.78, 5) is 0. The molecule has 0 fully saturated rings. The van der Waals surface area contributed by atoms with E-state index in [4.69, 9.17) is 0 Å². The number of hydrogen-bond donors (Lipinski definition) is 0. The van der Waals surface area contributed by atoms with Gasteiger partial charge in [0.05, 0.1) is 0 Å². The summed E-state index contributed by atoms with van der Waals surface area (Å²) in [6, 6.07) is 6.05. The van der Waals surface area contributed by atoms with Crippen molar-refractivity contribution in [2.45, 2.75) is 0 Å². The first-order chi connectivity index (χ1) is 4.20. The highest BCUT2D eigenvalue weighted by molar-refractivity contribution is 9.11. The Bertz CT molecular complexity index is 222. The van der Waals surface area contributed by atoms with Crippen molar-refractivity contribution in [1.29, 1.82) is 0 Å². The molecule has 0 aromatic heterocycles. The molecule has 3 heteroatoms. The van der Waals surface area contributed by atoms with Crippen molar-refractivity contribution in [1.82, 2.24) is 0 Å². The maximum Gasteiger partial charge on any atom is 0.0258 e. The van der Waals surface area contributed by atoms with E-state index in [2.05, 4.69) is 41.1 Å². The summed E-state index contributed by atoms with van der Waals surface area (Å²) in [6.07, 6.45) is 0. The van der Waals surface area contributed by atoms with Crippen LogP contribution in [0.15, 0.2) is 27.1 Å². The third-order valence-corrected chi connectivity index (χ3v) is 3.07. The molecule has 0 aliphatic heterocycles. The van der Waals surface area contributed by atoms with Crippen molar-refractivity contribution in [3.63, 3.8) is 0 Å². The summed E-state index contributed by atoms with van der Waals surface area (Å²) in [5, 5.41) is 1.18. The maximum atomic E-state index is 3.40. The van der Waals surface area contributed by atoms with Gasteiger partial charge in [-0.15, -0.1) is 9.24 Å². The van der Waals surface area contributed by atoms with Crippen molar-refractivity contribution < 1.29 is 0 Å². The van der Waals surface area contributed by atoms with Crippen molar-refractivity contribution >= 4 is 46.4 Å². The smallest absolute Gasteiger partial charge is 0.0258 e. The molecular weight excluding hydrogens is 263 g/mol. The van der Waals surface area contributed by atoms with Crippen LogP contribution in [0.25, 0.3) is 0 Å². The number of hydrogen-bond acceptors (Lipinski definition) is 0. The molecule has 0 amide bonds. The third-order valence-electron chi connectivity index (χ3n) is 0.962. The lowest BCUT2D eigenvalue weighted by molar-refractivity contribution is 1.66. The van der Waals surface area contributed by atoms with Gasteiger partial charge < -0.3 is 0 Å². The largest absolute Gasteiger partial charge is 0.104 e. The first kappa shape index (κ1) is 7.71. The SMILES string of the molecule is Pc1ccc(Br)cc1Br. The van der Waals surface area contributed by atoms with Crippen LogP contribution in [0.2, 0.25) is 0 Å². The van der Waals surface area contributed by atoms with Gasteiger partial charge in [0, 0.05) is 8.95 Å². The highest BCUT2D eigenvalue weighted by atomic mass is 79.9. The number of benzene rings is 1. The summed E-state index contributed by atoms with van der Waals surface area (Å²) in [5.41, 5.74) is 0. The third kappa shape index (κ3) is 2.03. The van der Waals surface area contributed by atoms with Crippen LogP contribution in [0, 0.1) is 0 Å². The highest BCUT2D eigenvalue weighted by Crippen LogP contribution is 2.16. The Balaban J connectivity index is 3.17. The first-order valence-corrected chi connectivity index (χ1v) is 4.57. The minimum absolute atomic E-state index is 1.10. The summed E-state index contributed by atoms with van der Waals surface area (Å²) < 4.78 is 2.21. The molecule has 0 saturated heterocycles. The molecule has 0 radical (unpaired) electrons. The minimum atomic E-state index is 1.10. The van der Waals surface area contributed by atoms with E-state index in [1.54, 1.807) is 0 Å². The Morgan fingerprint density at radius 1 is 1.22 bits per heavy atom. The number of halogens is 2. The average Bonchev–Trinajstić information content (AvgIpc) is 1.80.